The molecule has 1 aliphatic rings. The highest BCUT2D eigenvalue weighted by molar-refractivity contribution is 7.17. The number of aromatic nitrogens is 3. The van der Waals surface area contributed by atoms with E-state index >= 15 is 0 Å². The third-order valence-electron chi connectivity index (χ3n) is 7.58. The molecule has 0 saturated heterocycles. The van der Waals surface area contributed by atoms with E-state index in [1.807, 2.05) is 48.7 Å². The highest BCUT2D eigenvalue weighted by atomic mass is 35.5. The number of phenolic OH excluding ortho intramolecular Hbond substituents is 1. The summed E-state index contributed by atoms with van der Waals surface area (Å²) < 4.78 is 0.819. The molecule has 0 aliphatic carbocycles. The average molecular weight is 582 g/mol. The van der Waals surface area contributed by atoms with Crippen LogP contribution < -0.4 is 10.2 Å². The summed E-state index contributed by atoms with van der Waals surface area (Å²) in [5, 5.41) is 18.3. The molecule has 5 heterocycles. The van der Waals surface area contributed by atoms with Crippen LogP contribution in [0.4, 0.5) is 11.4 Å². The summed E-state index contributed by atoms with van der Waals surface area (Å²) >= 11 is 7.84. The number of carbonyl (C=O) groups is 2. The zero-order chi connectivity index (χ0) is 28.2. The fraction of sp³-hybridized carbons (Fsp3) is 0.129. The zero-order valence-corrected chi connectivity index (χ0v) is 23.4. The van der Waals surface area contributed by atoms with E-state index in [2.05, 4.69) is 20.3 Å². The number of aromatic hydroxyl groups is 1. The number of rotatable bonds is 5. The summed E-state index contributed by atoms with van der Waals surface area (Å²) in [7, 11) is 0. The molecule has 8 nitrogen and oxygen atoms in total. The number of benzene rings is 2. The molecule has 204 valence electrons. The number of phenols is 1. The van der Waals surface area contributed by atoms with Crippen LogP contribution in [0.5, 0.6) is 5.75 Å². The normalized spacial score (nSPS) is 15.0. The van der Waals surface area contributed by atoms with Crippen LogP contribution in [0.15, 0.2) is 66.3 Å². The number of pyridine rings is 1. The third kappa shape index (κ3) is 4.25. The van der Waals surface area contributed by atoms with Crippen LogP contribution in [0, 0.1) is 6.92 Å². The maximum Gasteiger partial charge on any atom is 0.272 e. The van der Waals surface area contributed by atoms with E-state index in [-0.39, 0.29) is 23.5 Å². The molecule has 10 heteroatoms. The average Bonchev–Trinajstić information content (AvgIpc) is 3.75. The van der Waals surface area contributed by atoms with E-state index in [1.165, 1.54) is 17.4 Å². The molecule has 0 fully saturated rings. The van der Waals surface area contributed by atoms with Gasteiger partial charge in [-0.2, -0.15) is 0 Å². The number of thiophene rings is 1. The van der Waals surface area contributed by atoms with Crippen LogP contribution in [0.2, 0.25) is 0 Å². The zero-order valence-electron chi connectivity index (χ0n) is 21.9. The minimum atomic E-state index is -0.273. The van der Waals surface area contributed by atoms with Gasteiger partial charge < -0.3 is 25.3 Å². The number of anilines is 2. The number of para-hydroxylation sites is 1. The van der Waals surface area contributed by atoms with Crippen molar-refractivity contribution in [3.8, 4) is 5.75 Å². The highest BCUT2D eigenvalue weighted by Crippen LogP contribution is 2.48. The maximum atomic E-state index is 13.4. The lowest BCUT2D eigenvalue weighted by atomic mass is 9.97. The van der Waals surface area contributed by atoms with Gasteiger partial charge in [-0.05, 0) is 47.7 Å². The molecule has 0 unspecified atom stereocenters. The van der Waals surface area contributed by atoms with Crippen molar-refractivity contribution < 1.29 is 14.7 Å². The summed E-state index contributed by atoms with van der Waals surface area (Å²) in [5.74, 6) is 0.0252. The topological polar surface area (TPSA) is 114 Å². The second-order valence-corrected chi connectivity index (χ2v) is 11.4. The lowest BCUT2D eigenvalue weighted by Gasteiger charge is -2.16. The Bertz CT molecular complexity index is 2010. The summed E-state index contributed by atoms with van der Waals surface area (Å²) in [5.41, 5.74) is 6.03. The fourth-order valence-electron chi connectivity index (χ4n) is 5.62. The molecule has 4 N–H and O–H groups in total. The van der Waals surface area contributed by atoms with Crippen LogP contribution in [0.3, 0.4) is 0 Å². The van der Waals surface area contributed by atoms with Crippen molar-refractivity contribution in [1.82, 2.24) is 15.0 Å². The van der Waals surface area contributed by atoms with Crippen molar-refractivity contribution in [2.24, 2.45) is 0 Å². The first kappa shape index (κ1) is 25.4. The van der Waals surface area contributed by atoms with Gasteiger partial charge in [-0.25, -0.2) is 4.98 Å². The Morgan fingerprint density at radius 2 is 2.12 bits per heavy atom. The number of alkyl halides is 1. The molecule has 7 rings (SSSR count). The van der Waals surface area contributed by atoms with E-state index in [4.69, 9.17) is 11.6 Å². The molecular formula is C31H24ClN5O3S. The predicted molar refractivity (Wildman–Crippen MR) is 165 cm³/mol. The molecule has 0 bridgehead atoms. The first-order chi connectivity index (χ1) is 19.9. The van der Waals surface area contributed by atoms with Crippen molar-refractivity contribution in [3.05, 3.63) is 88.7 Å². The van der Waals surface area contributed by atoms with Crippen molar-refractivity contribution in [3.63, 3.8) is 0 Å². The minimum Gasteiger partial charge on any atom is -0.506 e. The van der Waals surface area contributed by atoms with Gasteiger partial charge in [0, 0.05) is 63.9 Å². The molecule has 2 aromatic carbocycles. The van der Waals surface area contributed by atoms with Crippen LogP contribution in [0.25, 0.3) is 38.1 Å². The Hall–Kier alpha value is -4.60. The van der Waals surface area contributed by atoms with Crippen LogP contribution in [0.1, 0.15) is 33.1 Å². The predicted octanol–water partition coefficient (Wildman–Crippen LogP) is 6.91. The molecule has 41 heavy (non-hydrogen) atoms. The molecule has 1 atom stereocenters. The van der Waals surface area contributed by atoms with Gasteiger partial charge in [-0.15, -0.1) is 22.9 Å². The van der Waals surface area contributed by atoms with Gasteiger partial charge in [0.05, 0.1) is 22.3 Å². The maximum absolute atomic E-state index is 13.4. The first-order valence-electron chi connectivity index (χ1n) is 13.1. The van der Waals surface area contributed by atoms with E-state index in [0.29, 0.717) is 35.1 Å². The van der Waals surface area contributed by atoms with Gasteiger partial charge in [0.25, 0.3) is 11.8 Å². The number of carbonyl (C=O) groups excluding carboxylic acids is 2. The Balaban J connectivity index is 1.15. The summed E-state index contributed by atoms with van der Waals surface area (Å²) in [6, 6.07) is 13.0. The quantitative estimate of drug-likeness (QED) is 0.131. The Labute approximate surface area is 243 Å². The van der Waals surface area contributed by atoms with Crippen LogP contribution in [-0.2, 0) is 4.79 Å². The lowest BCUT2D eigenvalue weighted by Crippen LogP contribution is -2.28. The van der Waals surface area contributed by atoms with Crippen LogP contribution in [-0.4, -0.2) is 44.3 Å². The number of nitrogens with zero attached hydrogens (tertiary/aromatic N) is 2. The number of H-pyrrole nitrogens is 2. The first-order valence-corrected chi connectivity index (χ1v) is 14.5. The van der Waals surface area contributed by atoms with Gasteiger partial charge in [0.1, 0.15) is 17.1 Å². The van der Waals surface area contributed by atoms with Gasteiger partial charge in [0.15, 0.2) is 0 Å². The standard InChI is InChI=1S/C31H24ClN5O3S/c1-16-15-41-29-25(38)10-24-28(27(16)29)19(11-32)14-37(24)26(39)7-6-18-12-33-30-21(18)9-20(13-34-30)35-31(40)23-8-17-4-2-3-5-22(17)36-23/h2-10,12-13,15,19,36,38H,11,14H2,1H3,(H,33,34)(H,35,40)/b7-6+/t19-/m0/s1. The van der Waals surface area contributed by atoms with Crippen molar-refractivity contribution in [1.29, 1.82) is 0 Å². The van der Waals surface area contributed by atoms with Crippen molar-refractivity contribution >= 4 is 84.2 Å². The molecule has 0 spiro atoms. The number of aryl methyl sites for hydroxylation is 1. The van der Waals surface area contributed by atoms with E-state index in [0.717, 1.165) is 43.1 Å². The Morgan fingerprint density at radius 1 is 1.27 bits per heavy atom. The van der Waals surface area contributed by atoms with Gasteiger partial charge in [-0.1, -0.05) is 18.2 Å². The Kier molecular flexibility index (Phi) is 6.06. The van der Waals surface area contributed by atoms with Crippen molar-refractivity contribution in [2.75, 3.05) is 22.6 Å². The van der Waals surface area contributed by atoms with E-state index < -0.39 is 0 Å². The van der Waals surface area contributed by atoms with Gasteiger partial charge in [0.2, 0.25) is 0 Å². The molecule has 6 aromatic rings. The minimum absolute atomic E-state index is 0.0267. The van der Waals surface area contributed by atoms with Crippen LogP contribution >= 0.6 is 22.9 Å². The molecule has 4 aromatic heterocycles. The summed E-state index contributed by atoms with van der Waals surface area (Å²) in [6.45, 7) is 2.45. The summed E-state index contributed by atoms with van der Waals surface area (Å²) in [6.07, 6.45) is 6.61. The SMILES string of the molecule is Cc1csc2c(O)cc3c(c12)[C@@H](CCl)CN3C(=O)/C=C/c1c[nH]c2ncc(NC(=O)c3cc4ccccc4[nH]3)cc12. The van der Waals surface area contributed by atoms with Gasteiger partial charge in [-0.3, -0.25) is 9.59 Å². The number of hydrogen-bond donors (Lipinski definition) is 4. The lowest BCUT2D eigenvalue weighted by molar-refractivity contribution is -0.114. The number of halogens is 1. The van der Waals surface area contributed by atoms with E-state index in [1.54, 1.807) is 29.4 Å². The fourth-order valence-corrected chi connectivity index (χ4v) is 6.86. The largest absolute Gasteiger partial charge is 0.506 e. The third-order valence-corrected chi connectivity index (χ3v) is 9.07. The molecule has 0 radical (unpaired) electrons. The second-order valence-electron chi connectivity index (χ2n) is 10.2. The molecule has 1 aliphatic heterocycles. The highest BCUT2D eigenvalue weighted by Gasteiger charge is 2.34. The number of fused-ring (bicyclic) bond motifs is 5. The van der Waals surface area contributed by atoms with Crippen molar-refractivity contribution in [2.45, 2.75) is 12.8 Å². The number of hydrogen-bond acceptors (Lipinski definition) is 5. The van der Waals surface area contributed by atoms with E-state index in [9.17, 15) is 14.7 Å². The monoisotopic (exact) mass is 581 g/mol. The number of amides is 2. The molecule has 2 amide bonds. The van der Waals surface area contributed by atoms with Gasteiger partial charge >= 0.3 is 0 Å². The number of nitrogens with one attached hydrogen (secondary N) is 3. The number of aromatic amines is 2. The second kappa shape index (κ2) is 9.79. The smallest absolute Gasteiger partial charge is 0.272 e. The molecule has 0 saturated carbocycles. The Morgan fingerprint density at radius 3 is 2.95 bits per heavy atom. The summed E-state index contributed by atoms with van der Waals surface area (Å²) in [4.78, 5) is 38.7. The molecular weight excluding hydrogens is 558 g/mol.